The largest absolute Gasteiger partial charge is 0.480 e. The van der Waals surface area contributed by atoms with Gasteiger partial charge in [0.25, 0.3) is 5.91 Å². The normalized spacial score (nSPS) is 16.6. The van der Waals surface area contributed by atoms with Crippen molar-refractivity contribution in [1.82, 2.24) is 5.32 Å². The molecule has 1 aliphatic rings. The third-order valence-corrected chi connectivity index (χ3v) is 7.15. The molecule has 38 heavy (non-hydrogen) atoms. The molecule has 2 aromatic rings. The van der Waals surface area contributed by atoms with Crippen LogP contribution in [0.1, 0.15) is 49.5 Å². The second-order valence-corrected chi connectivity index (χ2v) is 10.5. The Labute approximate surface area is 230 Å². The molecule has 0 aromatic heterocycles. The van der Waals surface area contributed by atoms with E-state index in [0.717, 1.165) is 6.08 Å². The molecule has 8 nitrogen and oxygen atoms in total. The molecule has 4 N–H and O–H groups in total. The fraction of sp³-hybridized carbons (Fsp3) is 0.286. The molecule has 0 aliphatic heterocycles. The van der Waals surface area contributed by atoms with E-state index in [1.807, 2.05) is 13.8 Å². The predicted octanol–water partition coefficient (Wildman–Crippen LogP) is 5.51. The summed E-state index contributed by atoms with van der Waals surface area (Å²) in [5.41, 5.74) is 2.12. The van der Waals surface area contributed by atoms with Crippen molar-refractivity contribution in [2.75, 3.05) is 5.32 Å². The van der Waals surface area contributed by atoms with E-state index in [4.69, 9.17) is 28.3 Å². The van der Waals surface area contributed by atoms with Gasteiger partial charge in [0, 0.05) is 23.8 Å². The molecule has 2 amide bonds. The zero-order valence-corrected chi connectivity index (χ0v) is 22.6. The number of nitrogens with one attached hydrogen (secondary N) is 2. The number of carboxylic acid groups (broad SMARTS) is 2. The van der Waals surface area contributed by atoms with E-state index in [2.05, 4.69) is 10.6 Å². The van der Waals surface area contributed by atoms with Gasteiger partial charge in [-0.1, -0.05) is 55.2 Å². The van der Waals surface area contributed by atoms with Gasteiger partial charge in [0.1, 0.15) is 6.04 Å². The highest BCUT2D eigenvalue weighted by molar-refractivity contribution is 6.40. The van der Waals surface area contributed by atoms with Crippen LogP contribution in [0.25, 0.3) is 0 Å². The van der Waals surface area contributed by atoms with Crippen LogP contribution in [-0.2, 0) is 20.8 Å². The van der Waals surface area contributed by atoms with Crippen LogP contribution in [0.3, 0.4) is 0 Å². The van der Waals surface area contributed by atoms with Crippen LogP contribution in [0, 0.1) is 5.41 Å². The quantitative estimate of drug-likeness (QED) is 0.316. The minimum Gasteiger partial charge on any atom is -0.480 e. The van der Waals surface area contributed by atoms with Gasteiger partial charge in [-0.05, 0) is 66.2 Å². The number of halogens is 2. The summed E-state index contributed by atoms with van der Waals surface area (Å²) in [6.07, 6.45) is 2.15. The van der Waals surface area contributed by atoms with Crippen LogP contribution in [-0.4, -0.2) is 40.0 Å². The Morgan fingerprint density at radius 3 is 2.16 bits per heavy atom. The summed E-state index contributed by atoms with van der Waals surface area (Å²) in [6.45, 7) is 5.44. The maximum atomic E-state index is 13.2. The van der Waals surface area contributed by atoms with Gasteiger partial charge in [-0.25, -0.2) is 9.59 Å². The number of aliphatic carboxylic acids is 2. The third-order valence-electron chi connectivity index (χ3n) is 6.52. The summed E-state index contributed by atoms with van der Waals surface area (Å²) in [5, 5.41) is 24.7. The number of carbonyl (C=O) groups is 4. The van der Waals surface area contributed by atoms with E-state index in [9.17, 15) is 24.3 Å². The molecule has 0 saturated carbocycles. The molecule has 2 aromatic carbocycles. The number of allylic oxidation sites excluding steroid dienone is 2. The second kappa shape index (κ2) is 11.8. The van der Waals surface area contributed by atoms with Crippen molar-refractivity contribution in [3.8, 4) is 0 Å². The number of hydrogen-bond donors (Lipinski definition) is 4. The van der Waals surface area contributed by atoms with Gasteiger partial charge in [-0.2, -0.15) is 0 Å². The Balaban J connectivity index is 1.75. The zero-order chi connectivity index (χ0) is 28.2. The summed E-state index contributed by atoms with van der Waals surface area (Å²) in [6, 6.07) is 10.0. The van der Waals surface area contributed by atoms with Crippen molar-refractivity contribution in [1.29, 1.82) is 0 Å². The van der Waals surface area contributed by atoms with Crippen LogP contribution >= 0.6 is 23.2 Å². The number of rotatable bonds is 8. The summed E-state index contributed by atoms with van der Waals surface area (Å²) >= 11 is 12.2. The molecule has 0 saturated heterocycles. The van der Waals surface area contributed by atoms with E-state index in [1.165, 1.54) is 0 Å². The minimum atomic E-state index is -1.23. The zero-order valence-electron chi connectivity index (χ0n) is 21.1. The van der Waals surface area contributed by atoms with Crippen LogP contribution in [0.4, 0.5) is 5.69 Å². The number of carbonyl (C=O) groups excluding carboxylic acids is 2. The van der Waals surface area contributed by atoms with E-state index in [-0.39, 0.29) is 22.0 Å². The maximum Gasteiger partial charge on any atom is 0.328 e. The number of carboxylic acids is 2. The summed E-state index contributed by atoms with van der Waals surface area (Å²) in [7, 11) is 0. The molecule has 0 fully saturated rings. The van der Waals surface area contributed by atoms with Crippen molar-refractivity contribution >= 4 is 52.6 Å². The SMILES string of the molecule is CC1=C(C(=O)N[C@@H](Cc2ccc(NC(=O)c3c(Cl)cccc3Cl)cc2)C(=O)O)C(C)(C)CCC1=CC(=O)O. The lowest BCUT2D eigenvalue weighted by atomic mass is 9.70. The predicted molar refractivity (Wildman–Crippen MR) is 146 cm³/mol. The van der Waals surface area contributed by atoms with Crippen molar-refractivity contribution in [2.24, 2.45) is 5.41 Å². The second-order valence-electron chi connectivity index (χ2n) is 9.71. The van der Waals surface area contributed by atoms with Crippen LogP contribution in [0.15, 0.2) is 65.3 Å². The molecule has 1 atom stereocenters. The average Bonchev–Trinajstić information content (AvgIpc) is 2.81. The monoisotopic (exact) mass is 558 g/mol. The molecule has 0 bridgehead atoms. The van der Waals surface area contributed by atoms with Crippen molar-refractivity contribution in [2.45, 2.75) is 46.1 Å². The van der Waals surface area contributed by atoms with Crippen LogP contribution in [0.5, 0.6) is 0 Å². The molecular weight excluding hydrogens is 531 g/mol. The highest BCUT2D eigenvalue weighted by atomic mass is 35.5. The molecule has 0 spiro atoms. The molecule has 0 heterocycles. The molecule has 200 valence electrons. The topological polar surface area (TPSA) is 133 Å². The first-order chi connectivity index (χ1) is 17.8. The Hall–Kier alpha value is -3.62. The average molecular weight is 559 g/mol. The van der Waals surface area contributed by atoms with Gasteiger partial charge in [0.05, 0.1) is 15.6 Å². The lowest BCUT2D eigenvalue weighted by Crippen LogP contribution is -2.45. The van der Waals surface area contributed by atoms with Gasteiger partial charge in [-0.15, -0.1) is 0 Å². The minimum absolute atomic E-state index is 0.00375. The lowest BCUT2D eigenvalue weighted by Gasteiger charge is -2.35. The van der Waals surface area contributed by atoms with Crippen LogP contribution in [0.2, 0.25) is 10.0 Å². The molecule has 0 unspecified atom stereocenters. The number of anilines is 1. The van der Waals surface area contributed by atoms with Gasteiger partial charge in [0.15, 0.2) is 0 Å². The molecule has 10 heteroatoms. The number of amides is 2. The Morgan fingerprint density at radius 1 is 1.00 bits per heavy atom. The molecule has 3 rings (SSSR count). The van der Waals surface area contributed by atoms with Gasteiger partial charge >= 0.3 is 11.9 Å². The van der Waals surface area contributed by atoms with Crippen LogP contribution < -0.4 is 10.6 Å². The van der Waals surface area contributed by atoms with E-state index in [0.29, 0.717) is 40.8 Å². The third kappa shape index (κ3) is 6.82. The fourth-order valence-electron chi connectivity index (χ4n) is 4.53. The first-order valence-corrected chi connectivity index (χ1v) is 12.6. The Kier molecular flexibility index (Phi) is 9.01. The highest BCUT2D eigenvalue weighted by Crippen LogP contribution is 2.42. The lowest BCUT2D eigenvalue weighted by molar-refractivity contribution is -0.141. The highest BCUT2D eigenvalue weighted by Gasteiger charge is 2.36. The van der Waals surface area contributed by atoms with Gasteiger partial charge in [0.2, 0.25) is 5.91 Å². The van der Waals surface area contributed by atoms with Crippen molar-refractivity contribution in [3.63, 3.8) is 0 Å². The number of benzene rings is 2. The van der Waals surface area contributed by atoms with Gasteiger partial charge in [-0.3, -0.25) is 9.59 Å². The molecular formula is C28H28Cl2N2O6. The van der Waals surface area contributed by atoms with Crippen molar-refractivity contribution in [3.05, 3.63) is 86.4 Å². The Bertz CT molecular complexity index is 1330. The molecule has 0 radical (unpaired) electrons. The fourth-order valence-corrected chi connectivity index (χ4v) is 5.10. The van der Waals surface area contributed by atoms with Crippen molar-refractivity contribution < 1.29 is 29.4 Å². The Morgan fingerprint density at radius 2 is 1.61 bits per heavy atom. The standard InChI is InChI=1S/C28H28Cl2N2O6/c1-15-17(14-22(33)34)11-12-28(2,3)24(15)26(36)32-21(27(37)38)13-16-7-9-18(10-8-16)31-25(35)23-19(29)5-4-6-20(23)30/h4-10,14,21H,11-13H2,1-3H3,(H,31,35)(H,32,36)(H,33,34)(H,37,38)/t21-/m0/s1. The first-order valence-electron chi connectivity index (χ1n) is 11.8. The summed E-state index contributed by atoms with van der Waals surface area (Å²) in [5.74, 6) is -3.34. The van der Waals surface area contributed by atoms with E-state index >= 15 is 0 Å². The first kappa shape index (κ1) is 28.9. The van der Waals surface area contributed by atoms with Gasteiger partial charge < -0.3 is 20.8 Å². The summed E-state index contributed by atoms with van der Waals surface area (Å²) < 4.78 is 0. The number of hydrogen-bond acceptors (Lipinski definition) is 4. The van der Waals surface area contributed by atoms with E-state index in [1.54, 1.807) is 49.4 Å². The van der Waals surface area contributed by atoms with E-state index < -0.39 is 35.2 Å². The maximum absolute atomic E-state index is 13.2. The smallest absolute Gasteiger partial charge is 0.328 e. The molecule has 1 aliphatic carbocycles. The summed E-state index contributed by atoms with van der Waals surface area (Å²) in [4.78, 5) is 49.0.